The van der Waals surface area contributed by atoms with E-state index in [9.17, 15) is 4.39 Å². The number of halogens is 1. The summed E-state index contributed by atoms with van der Waals surface area (Å²) in [6.07, 6.45) is 3.15. The summed E-state index contributed by atoms with van der Waals surface area (Å²) in [5.41, 5.74) is 0. The Balaban J connectivity index is 2.28. The van der Waals surface area contributed by atoms with Crippen molar-refractivity contribution >= 4 is 0 Å². The lowest BCUT2D eigenvalue weighted by molar-refractivity contribution is 0.147. The van der Waals surface area contributed by atoms with Crippen LogP contribution in [0.3, 0.4) is 0 Å². The van der Waals surface area contributed by atoms with E-state index in [0.29, 0.717) is 12.5 Å². The van der Waals surface area contributed by atoms with Crippen LogP contribution in [-0.4, -0.2) is 43.8 Å². The third kappa shape index (κ3) is 3.61. The van der Waals surface area contributed by atoms with Crippen LogP contribution in [0, 0.1) is 0 Å². The molecule has 1 atom stereocenters. The molecule has 1 heterocycles. The SMILES string of the molecule is CCCC1CNCCN1CCCF. The lowest BCUT2D eigenvalue weighted by Gasteiger charge is -2.36. The smallest absolute Gasteiger partial charge is 0.0906 e. The highest BCUT2D eigenvalue weighted by atomic mass is 19.1. The summed E-state index contributed by atoms with van der Waals surface area (Å²) < 4.78 is 12.0. The van der Waals surface area contributed by atoms with Crippen molar-refractivity contribution in [3.05, 3.63) is 0 Å². The Kier molecular flexibility index (Phi) is 5.32. The zero-order chi connectivity index (χ0) is 9.52. The van der Waals surface area contributed by atoms with Gasteiger partial charge in [-0.1, -0.05) is 13.3 Å². The molecule has 78 valence electrons. The van der Waals surface area contributed by atoms with Crippen LogP contribution >= 0.6 is 0 Å². The van der Waals surface area contributed by atoms with Crippen LogP contribution in [0.15, 0.2) is 0 Å². The summed E-state index contributed by atoms with van der Waals surface area (Å²) in [7, 11) is 0. The molecular weight excluding hydrogens is 167 g/mol. The number of piperazine rings is 1. The van der Waals surface area contributed by atoms with Crippen LogP contribution < -0.4 is 5.32 Å². The normalized spacial score (nSPS) is 24.9. The van der Waals surface area contributed by atoms with Crippen molar-refractivity contribution in [2.75, 3.05) is 32.9 Å². The first-order valence-corrected chi connectivity index (χ1v) is 5.39. The fraction of sp³-hybridized carbons (Fsp3) is 1.00. The zero-order valence-electron chi connectivity index (χ0n) is 8.56. The first kappa shape index (κ1) is 10.9. The molecule has 0 aliphatic carbocycles. The van der Waals surface area contributed by atoms with E-state index in [4.69, 9.17) is 0 Å². The second kappa shape index (κ2) is 6.33. The molecule has 0 saturated carbocycles. The molecule has 1 fully saturated rings. The number of nitrogens with one attached hydrogen (secondary N) is 1. The summed E-state index contributed by atoms with van der Waals surface area (Å²) in [5.74, 6) is 0. The van der Waals surface area contributed by atoms with E-state index >= 15 is 0 Å². The van der Waals surface area contributed by atoms with Gasteiger partial charge < -0.3 is 5.32 Å². The van der Waals surface area contributed by atoms with E-state index in [0.717, 1.165) is 26.2 Å². The van der Waals surface area contributed by atoms with Crippen LogP contribution in [0.1, 0.15) is 26.2 Å². The van der Waals surface area contributed by atoms with Gasteiger partial charge in [0, 0.05) is 32.2 Å². The van der Waals surface area contributed by atoms with Gasteiger partial charge in [0.15, 0.2) is 0 Å². The monoisotopic (exact) mass is 188 g/mol. The van der Waals surface area contributed by atoms with Crippen molar-refractivity contribution in [2.45, 2.75) is 32.2 Å². The number of rotatable bonds is 5. The molecule has 0 bridgehead atoms. The predicted octanol–water partition coefficient (Wildman–Crippen LogP) is 1.42. The maximum Gasteiger partial charge on any atom is 0.0906 e. The third-order valence-electron chi connectivity index (χ3n) is 2.67. The van der Waals surface area contributed by atoms with Gasteiger partial charge in [-0.15, -0.1) is 0 Å². The van der Waals surface area contributed by atoms with Crippen LogP contribution in [0.4, 0.5) is 4.39 Å². The van der Waals surface area contributed by atoms with Gasteiger partial charge in [0.2, 0.25) is 0 Å². The van der Waals surface area contributed by atoms with Gasteiger partial charge in [0.25, 0.3) is 0 Å². The van der Waals surface area contributed by atoms with Crippen molar-refractivity contribution in [1.29, 1.82) is 0 Å². The van der Waals surface area contributed by atoms with Gasteiger partial charge in [0.1, 0.15) is 0 Å². The Morgan fingerprint density at radius 1 is 1.54 bits per heavy atom. The van der Waals surface area contributed by atoms with Crippen molar-refractivity contribution in [1.82, 2.24) is 10.2 Å². The molecular formula is C10H21FN2. The van der Waals surface area contributed by atoms with Crippen molar-refractivity contribution in [3.8, 4) is 0 Å². The van der Waals surface area contributed by atoms with Crippen molar-refractivity contribution in [2.24, 2.45) is 0 Å². The molecule has 0 aromatic rings. The Labute approximate surface area is 80.5 Å². The van der Waals surface area contributed by atoms with Gasteiger partial charge >= 0.3 is 0 Å². The molecule has 1 saturated heterocycles. The Morgan fingerprint density at radius 3 is 3.08 bits per heavy atom. The topological polar surface area (TPSA) is 15.3 Å². The molecule has 0 amide bonds. The number of nitrogens with zero attached hydrogens (tertiary/aromatic N) is 1. The highest BCUT2D eigenvalue weighted by Gasteiger charge is 2.20. The van der Waals surface area contributed by atoms with E-state index in [1.54, 1.807) is 0 Å². The van der Waals surface area contributed by atoms with Crippen molar-refractivity contribution < 1.29 is 4.39 Å². The molecule has 1 N–H and O–H groups in total. The maximum atomic E-state index is 12.0. The zero-order valence-corrected chi connectivity index (χ0v) is 8.56. The molecule has 2 nitrogen and oxygen atoms in total. The summed E-state index contributed by atoms with van der Waals surface area (Å²) in [5, 5.41) is 3.39. The summed E-state index contributed by atoms with van der Waals surface area (Å²) in [6, 6.07) is 0.644. The summed E-state index contributed by atoms with van der Waals surface area (Å²) >= 11 is 0. The molecule has 1 aliphatic rings. The Hall–Kier alpha value is -0.150. The lowest BCUT2D eigenvalue weighted by Crippen LogP contribution is -2.51. The van der Waals surface area contributed by atoms with Gasteiger partial charge in [-0.3, -0.25) is 9.29 Å². The van der Waals surface area contributed by atoms with E-state index in [-0.39, 0.29) is 6.67 Å². The van der Waals surface area contributed by atoms with E-state index in [2.05, 4.69) is 17.1 Å². The highest BCUT2D eigenvalue weighted by Crippen LogP contribution is 2.09. The lowest BCUT2D eigenvalue weighted by atomic mass is 10.1. The number of hydrogen-bond acceptors (Lipinski definition) is 2. The third-order valence-corrected chi connectivity index (χ3v) is 2.67. The van der Waals surface area contributed by atoms with Crippen LogP contribution in [0.25, 0.3) is 0 Å². The van der Waals surface area contributed by atoms with E-state index < -0.39 is 0 Å². The molecule has 1 rings (SSSR count). The minimum absolute atomic E-state index is 0.178. The van der Waals surface area contributed by atoms with Crippen molar-refractivity contribution in [3.63, 3.8) is 0 Å². The molecule has 1 unspecified atom stereocenters. The molecule has 0 aromatic heterocycles. The van der Waals surface area contributed by atoms with Gasteiger partial charge in [-0.2, -0.15) is 0 Å². The summed E-state index contributed by atoms with van der Waals surface area (Å²) in [4.78, 5) is 2.43. The minimum atomic E-state index is -0.178. The molecule has 0 spiro atoms. The first-order chi connectivity index (χ1) is 6.38. The van der Waals surface area contributed by atoms with Crippen LogP contribution in [0.5, 0.6) is 0 Å². The van der Waals surface area contributed by atoms with Gasteiger partial charge in [0.05, 0.1) is 6.67 Å². The van der Waals surface area contributed by atoms with Crippen LogP contribution in [0.2, 0.25) is 0 Å². The number of hydrogen-bond donors (Lipinski definition) is 1. The summed E-state index contributed by atoms with van der Waals surface area (Å²) in [6.45, 7) is 6.20. The fourth-order valence-electron chi connectivity index (χ4n) is 1.98. The van der Waals surface area contributed by atoms with E-state index in [1.807, 2.05) is 0 Å². The highest BCUT2D eigenvalue weighted by molar-refractivity contribution is 4.79. The average Bonchev–Trinajstić information content (AvgIpc) is 2.17. The van der Waals surface area contributed by atoms with Crippen LogP contribution in [-0.2, 0) is 0 Å². The van der Waals surface area contributed by atoms with E-state index in [1.165, 1.54) is 12.8 Å². The standard InChI is InChI=1S/C10H21FN2/c1-2-4-10-9-12-6-8-13(10)7-3-5-11/h10,12H,2-9H2,1H3. The molecule has 3 heteroatoms. The minimum Gasteiger partial charge on any atom is -0.314 e. The molecule has 0 aromatic carbocycles. The fourth-order valence-corrected chi connectivity index (χ4v) is 1.98. The molecule has 1 aliphatic heterocycles. The molecule has 13 heavy (non-hydrogen) atoms. The maximum absolute atomic E-state index is 12.0. The molecule has 0 radical (unpaired) electrons. The second-order valence-corrected chi connectivity index (χ2v) is 3.73. The Morgan fingerprint density at radius 2 is 2.38 bits per heavy atom. The number of alkyl halides is 1. The largest absolute Gasteiger partial charge is 0.314 e. The predicted molar refractivity (Wildman–Crippen MR) is 53.7 cm³/mol. The Bertz CT molecular complexity index is 128. The first-order valence-electron chi connectivity index (χ1n) is 5.39. The second-order valence-electron chi connectivity index (χ2n) is 3.73. The van der Waals surface area contributed by atoms with Gasteiger partial charge in [-0.05, 0) is 12.8 Å². The van der Waals surface area contributed by atoms with Gasteiger partial charge in [-0.25, -0.2) is 0 Å². The average molecular weight is 188 g/mol. The quantitative estimate of drug-likeness (QED) is 0.702.